The fraction of sp³-hybridized carbons (Fsp3) is 0.288. The van der Waals surface area contributed by atoms with Crippen molar-refractivity contribution in [1.29, 1.82) is 0 Å². The van der Waals surface area contributed by atoms with Gasteiger partial charge >= 0.3 is 6.85 Å². The topological polar surface area (TPSA) is 21.3 Å². The molecular formula is C59H55BN2OS. The van der Waals surface area contributed by atoms with Gasteiger partial charge in [-0.3, -0.25) is 0 Å². The first-order valence-corrected chi connectivity index (χ1v) is 24.2. The zero-order chi connectivity index (χ0) is 44.1. The van der Waals surface area contributed by atoms with Crippen LogP contribution in [0.3, 0.4) is 0 Å². The van der Waals surface area contributed by atoms with Crippen molar-refractivity contribution >= 4 is 104 Å². The van der Waals surface area contributed by atoms with Gasteiger partial charge in [0.1, 0.15) is 11.2 Å². The molecule has 3 nitrogen and oxygen atoms in total. The van der Waals surface area contributed by atoms with Gasteiger partial charge in [0.2, 0.25) is 0 Å². The highest BCUT2D eigenvalue weighted by atomic mass is 32.1. The average molecular weight is 851 g/mol. The lowest BCUT2D eigenvalue weighted by Crippen LogP contribution is -2.61. The second kappa shape index (κ2) is 12.3. The molecule has 0 amide bonds. The summed E-state index contributed by atoms with van der Waals surface area (Å²) in [6.07, 6.45) is 2.35. The van der Waals surface area contributed by atoms with E-state index in [1.54, 1.807) is 0 Å². The Kier molecular flexibility index (Phi) is 7.44. The van der Waals surface area contributed by atoms with Crippen molar-refractivity contribution in [3.05, 3.63) is 137 Å². The molecular weight excluding hydrogens is 796 g/mol. The highest BCUT2D eigenvalue weighted by molar-refractivity contribution is 7.26. The summed E-state index contributed by atoms with van der Waals surface area (Å²) in [5, 5.41) is 7.61. The molecule has 64 heavy (non-hydrogen) atoms. The number of rotatable bonds is 1. The molecule has 0 fully saturated rings. The first kappa shape index (κ1) is 38.7. The van der Waals surface area contributed by atoms with Gasteiger partial charge < -0.3 is 13.8 Å². The SMILES string of the molecule is Cc1cc2c(cc1N1B3c4c(cc5c(oc6ccccc65)c4-c4c1ccc1sc5ccccc5c41)-n1c4ccc(C(C)(C)C)cc4c4cc(C(C)(C)C)cc3c41)C(C)(C)CCC2(C)C. The number of aromatic nitrogens is 1. The van der Waals surface area contributed by atoms with Gasteiger partial charge in [0.15, 0.2) is 0 Å². The maximum absolute atomic E-state index is 7.24. The van der Waals surface area contributed by atoms with Crippen molar-refractivity contribution in [1.82, 2.24) is 4.57 Å². The van der Waals surface area contributed by atoms with Crippen LogP contribution in [-0.2, 0) is 21.7 Å². The zero-order valence-corrected chi connectivity index (χ0v) is 39.9. The Morgan fingerprint density at radius 3 is 2.03 bits per heavy atom. The van der Waals surface area contributed by atoms with Crippen LogP contribution in [0.1, 0.15) is 110 Å². The normalized spacial score (nSPS) is 16.4. The van der Waals surface area contributed by atoms with Gasteiger partial charge in [-0.25, -0.2) is 0 Å². The molecule has 10 aromatic rings. The molecule has 1 aliphatic carbocycles. The molecule has 7 aromatic carbocycles. The summed E-state index contributed by atoms with van der Waals surface area (Å²) in [7, 11) is 0. The molecule has 0 radical (unpaired) electrons. The minimum atomic E-state index is -0.127. The smallest absolute Gasteiger partial charge is 0.333 e. The minimum Gasteiger partial charge on any atom is -0.455 e. The predicted molar refractivity (Wildman–Crippen MR) is 277 cm³/mol. The summed E-state index contributed by atoms with van der Waals surface area (Å²) >= 11 is 1.90. The van der Waals surface area contributed by atoms with Crippen LogP contribution in [0.15, 0.2) is 114 Å². The Morgan fingerprint density at radius 1 is 0.594 bits per heavy atom. The Bertz CT molecular complexity index is 3730. The number of nitrogens with zero attached hydrogens (tertiary/aromatic N) is 2. The molecule has 3 aromatic heterocycles. The summed E-state index contributed by atoms with van der Waals surface area (Å²) in [5.41, 5.74) is 20.6. The summed E-state index contributed by atoms with van der Waals surface area (Å²) in [6.45, 7) is 26.3. The lowest BCUT2D eigenvalue weighted by atomic mass is 9.43. The van der Waals surface area contributed by atoms with E-state index < -0.39 is 0 Å². The van der Waals surface area contributed by atoms with Gasteiger partial charge in [-0.15, -0.1) is 11.3 Å². The monoisotopic (exact) mass is 850 g/mol. The summed E-state index contributed by atoms with van der Waals surface area (Å²) in [6, 6.07) is 42.7. The molecule has 316 valence electrons. The zero-order valence-electron chi connectivity index (χ0n) is 39.1. The Hall–Kier alpha value is -5.78. The molecule has 5 heterocycles. The second-order valence-corrected chi connectivity index (χ2v) is 23.9. The minimum absolute atomic E-state index is 0.00506. The molecule has 3 aliphatic rings. The van der Waals surface area contributed by atoms with E-state index in [1.165, 1.54) is 127 Å². The van der Waals surface area contributed by atoms with Crippen LogP contribution < -0.4 is 15.7 Å². The van der Waals surface area contributed by atoms with Crippen LogP contribution >= 0.6 is 11.3 Å². The largest absolute Gasteiger partial charge is 0.455 e. The van der Waals surface area contributed by atoms with E-state index in [0.29, 0.717) is 0 Å². The Morgan fingerprint density at radius 2 is 1.28 bits per heavy atom. The van der Waals surface area contributed by atoms with Crippen LogP contribution in [-0.4, -0.2) is 11.4 Å². The molecule has 0 saturated carbocycles. The number of thiophene rings is 1. The van der Waals surface area contributed by atoms with Crippen LogP contribution in [0.2, 0.25) is 0 Å². The first-order valence-electron chi connectivity index (χ1n) is 23.4. The molecule has 0 atom stereocenters. The quantitative estimate of drug-likeness (QED) is 0.153. The highest BCUT2D eigenvalue weighted by Gasteiger charge is 2.48. The number of fused-ring (bicyclic) bond motifs is 16. The number of hydrogen-bond acceptors (Lipinski definition) is 3. The standard InChI is InChI=1S/C59H55BN2OS/c1-32-26-40-41(59(10,11)25-24-58(40,8)9)31-45(32)62-44-22-23-49-50(36-17-13-15-19-48(36)64-49)51(44)52-53-46(30-39-35-16-12-14-18-47(35)63-55(39)52)61-43-21-20-33(56(2,3)4)27-37(43)38-28-34(57(5,6)7)29-42(54(38)61)60(53)62/h12-23,26-31H,24-25H2,1-11H3. The molecule has 0 bridgehead atoms. The molecule has 0 spiro atoms. The van der Waals surface area contributed by atoms with Crippen molar-refractivity contribution in [2.75, 3.05) is 4.81 Å². The van der Waals surface area contributed by atoms with E-state index >= 15 is 0 Å². The van der Waals surface area contributed by atoms with Crippen molar-refractivity contribution in [2.45, 2.75) is 111 Å². The van der Waals surface area contributed by atoms with Gasteiger partial charge in [0.05, 0.1) is 11.0 Å². The van der Waals surface area contributed by atoms with Crippen LogP contribution in [0.4, 0.5) is 11.4 Å². The lowest BCUT2D eigenvalue weighted by Gasteiger charge is -2.46. The molecule has 5 heteroatoms. The van der Waals surface area contributed by atoms with Crippen molar-refractivity contribution < 1.29 is 4.42 Å². The summed E-state index contributed by atoms with van der Waals surface area (Å²) in [4.78, 5) is 2.79. The fourth-order valence-corrected chi connectivity index (χ4v) is 13.3. The molecule has 0 saturated heterocycles. The van der Waals surface area contributed by atoms with E-state index in [-0.39, 0.29) is 28.5 Å². The van der Waals surface area contributed by atoms with Crippen molar-refractivity contribution in [3.63, 3.8) is 0 Å². The van der Waals surface area contributed by atoms with Gasteiger partial charge in [0.25, 0.3) is 0 Å². The third-order valence-electron chi connectivity index (χ3n) is 15.8. The lowest BCUT2D eigenvalue weighted by molar-refractivity contribution is 0.332. The molecule has 13 rings (SSSR count). The Labute approximate surface area is 380 Å². The highest BCUT2D eigenvalue weighted by Crippen LogP contribution is 2.55. The fourth-order valence-electron chi connectivity index (χ4n) is 12.2. The number of anilines is 2. The van der Waals surface area contributed by atoms with E-state index in [0.717, 1.165) is 16.6 Å². The molecule has 2 aliphatic heterocycles. The number of aryl methyl sites for hydroxylation is 1. The van der Waals surface area contributed by atoms with E-state index in [4.69, 9.17) is 4.42 Å². The maximum atomic E-state index is 7.24. The first-order chi connectivity index (χ1) is 30.4. The number of benzene rings is 7. The predicted octanol–water partition coefficient (Wildman–Crippen LogP) is 15.5. The van der Waals surface area contributed by atoms with Crippen molar-refractivity contribution in [3.8, 4) is 16.8 Å². The Balaban J connectivity index is 1.28. The van der Waals surface area contributed by atoms with Crippen LogP contribution in [0.25, 0.3) is 80.7 Å². The van der Waals surface area contributed by atoms with Gasteiger partial charge in [0, 0.05) is 69.9 Å². The maximum Gasteiger partial charge on any atom is 0.333 e. The van der Waals surface area contributed by atoms with Gasteiger partial charge in [-0.1, -0.05) is 124 Å². The van der Waals surface area contributed by atoms with Gasteiger partial charge in [-0.2, -0.15) is 0 Å². The number of para-hydroxylation sites is 1. The summed E-state index contributed by atoms with van der Waals surface area (Å²) in [5.74, 6) is 0. The van der Waals surface area contributed by atoms with Crippen LogP contribution in [0.5, 0.6) is 0 Å². The number of furan rings is 1. The van der Waals surface area contributed by atoms with Crippen LogP contribution in [0, 0.1) is 6.92 Å². The van der Waals surface area contributed by atoms with Crippen molar-refractivity contribution in [2.24, 2.45) is 0 Å². The number of hydrogen-bond donors (Lipinski definition) is 0. The molecule has 0 N–H and O–H groups in total. The van der Waals surface area contributed by atoms with E-state index in [9.17, 15) is 0 Å². The second-order valence-electron chi connectivity index (χ2n) is 22.8. The third kappa shape index (κ3) is 5.00. The molecule has 0 unspecified atom stereocenters. The summed E-state index contributed by atoms with van der Waals surface area (Å²) < 4.78 is 12.5. The van der Waals surface area contributed by atoms with E-state index in [2.05, 4.69) is 195 Å². The van der Waals surface area contributed by atoms with E-state index in [1.807, 2.05) is 11.3 Å². The van der Waals surface area contributed by atoms with Gasteiger partial charge in [-0.05, 0) is 135 Å². The average Bonchev–Trinajstić information content (AvgIpc) is 3.93. The third-order valence-corrected chi connectivity index (χ3v) is 17.0.